The second-order valence-corrected chi connectivity index (χ2v) is 6.60. The summed E-state index contributed by atoms with van der Waals surface area (Å²) in [5.41, 5.74) is 0. The SMILES string of the molecule is CCC(CC)CN(CC)S(=O)(=O)c1cnc(Cl)nc1. The van der Waals surface area contributed by atoms with Crippen LogP contribution in [0.5, 0.6) is 0 Å². The highest BCUT2D eigenvalue weighted by Gasteiger charge is 2.25. The molecule has 19 heavy (non-hydrogen) atoms. The zero-order valence-electron chi connectivity index (χ0n) is 11.5. The standard InChI is InChI=1S/C12H20ClN3O2S/c1-4-10(5-2)9-16(6-3)19(17,18)11-7-14-12(13)15-8-11/h7-8,10H,4-6,9H2,1-3H3. The van der Waals surface area contributed by atoms with Crippen LogP contribution >= 0.6 is 11.6 Å². The summed E-state index contributed by atoms with van der Waals surface area (Å²) in [6.45, 7) is 6.92. The second-order valence-electron chi connectivity index (χ2n) is 4.33. The fraction of sp³-hybridized carbons (Fsp3) is 0.667. The number of halogens is 1. The Morgan fingerprint density at radius 3 is 2.16 bits per heavy atom. The third-order valence-corrected chi connectivity index (χ3v) is 5.29. The van der Waals surface area contributed by atoms with Crippen LogP contribution in [0.3, 0.4) is 0 Å². The Hall–Kier alpha value is -0.720. The minimum Gasteiger partial charge on any atom is -0.225 e. The van der Waals surface area contributed by atoms with E-state index < -0.39 is 10.0 Å². The van der Waals surface area contributed by atoms with Crippen LogP contribution in [0.2, 0.25) is 5.28 Å². The van der Waals surface area contributed by atoms with Crippen molar-refractivity contribution in [3.05, 3.63) is 17.7 Å². The van der Waals surface area contributed by atoms with Crippen molar-refractivity contribution in [3.8, 4) is 0 Å². The van der Waals surface area contributed by atoms with Gasteiger partial charge in [0.2, 0.25) is 15.3 Å². The van der Waals surface area contributed by atoms with Crippen LogP contribution in [0.15, 0.2) is 17.3 Å². The molecule has 0 aromatic carbocycles. The molecule has 0 spiro atoms. The molecule has 0 aliphatic carbocycles. The summed E-state index contributed by atoms with van der Waals surface area (Å²) in [4.78, 5) is 7.55. The molecule has 108 valence electrons. The normalized spacial score (nSPS) is 12.3. The molecular weight excluding hydrogens is 286 g/mol. The van der Waals surface area contributed by atoms with Crippen molar-refractivity contribution in [1.29, 1.82) is 0 Å². The molecule has 0 aliphatic heterocycles. The fourth-order valence-corrected chi connectivity index (χ4v) is 3.33. The molecule has 5 nitrogen and oxygen atoms in total. The van der Waals surface area contributed by atoms with Gasteiger partial charge in [0, 0.05) is 13.1 Å². The van der Waals surface area contributed by atoms with E-state index >= 15 is 0 Å². The van der Waals surface area contributed by atoms with Crippen LogP contribution in [-0.4, -0.2) is 35.8 Å². The minimum absolute atomic E-state index is 0.0435. The molecule has 0 unspecified atom stereocenters. The quantitative estimate of drug-likeness (QED) is 0.726. The van der Waals surface area contributed by atoms with Crippen molar-refractivity contribution in [3.63, 3.8) is 0 Å². The van der Waals surface area contributed by atoms with Gasteiger partial charge in [-0.1, -0.05) is 33.6 Å². The highest BCUT2D eigenvalue weighted by Crippen LogP contribution is 2.18. The van der Waals surface area contributed by atoms with Crippen molar-refractivity contribution in [2.24, 2.45) is 5.92 Å². The van der Waals surface area contributed by atoms with E-state index in [9.17, 15) is 8.42 Å². The van der Waals surface area contributed by atoms with Gasteiger partial charge < -0.3 is 0 Å². The topological polar surface area (TPSA) is 63.2 Å². The van der Waals surface area contributed by atoms with Gasteiger partial charge in [-0.05, 0) is 17.5 Å². The number of aromatic nitrogens is 2. The Morgan fingerprint density at radius 2 is 1.74 bits per heavy atom. The van der Waals surface area contributed by atoms with Crippen LogP contribution in [0, 0.1) is 5.92 Å². The van der Waals surface area contributed by atoms with Gasteiger partial charge in [0.1, 0.15) is 4.90 Å². The smallest absolute Gasteiger partial charge is 0.225 e. The van der Waals surface area contributed by atoms with E-state index in [0.717, 1.165) is 12.8 Å². The third kappa shape index (κ3) is 4.12. The first kappa shape index (κ1) is 16.3. The van der Waals surface area contributed by atoms with Crippen molar-refractivity contribution in [2.75, 3.05) is 13.1 Å². The average molecular weight is 306 g/mol. The Morgan fingerprint density at radius 1 is 1.21 bits per heavy atom. The lowest BCUT2D eigenvalue weighted by Gasteiger charge is -2.24. The predicted octanol–water partition coefficient (Wildman–Crippen LogP) is 2.58. The molecule has 0 N–H and O–H groups in total. The van der Waals surface area contributed by atoms with Gasteiger partial charge in [0.25, 0.3) is 0 Å². The van der Waals surface area contributed by atoms with Crippen LogP contribution < -0.4 is 0 Å². The number of sulfonamides is 1. The maximum absolute atomic E-state index is 12.4. The fourth-order valence-electron chi connectivity index (χ4n) is 1.81. The Balaban J connectivity index is 2.98. The Labute approximate surface area is 120 Å². The van der Waals surface area contributed by atoms with Crippen LogP contribution in [-0.2, 0) is 10.0 Å². The molecule has 0 aliphatic rings. The molecule has 0 amide bonds. The molecule has 0 saturated carbocycles. The maximum atomic E-state index is 12.4. The first-order valence-electron chi connectivity index (χ1n) is 6.43. The first-order valence-corrected chi connectivity index (χ1v) is 8.25. The van der Waals surface area contributed by atoms with E-state index in [1.165, 1.54) is 16.7 Å². The van der Waals surface area contributed by atoms with Gasteiger partial charge >= 0.3 is 0 Å². The van der Waals surface area contributed by atoms with Gasteiger partial charge in [0.05, 0.1) is 12.4 Å². The summed E-state index contributed by atoms with van der Waals surface area (Å²) in [5, 5.41) is 0.0435. The highest BCUT2D eigenvalue weighted by molar-refractivity contribution is 7.89. The molecule has 0 bridgehead atoms. The summed E-state index contributed by atoms with van der Waals surface area (Å²) >= 11 is 5.57. The number of rotatable bonds is 7. The van der Waals surface area contributed by atoms with E-state index in [2.05, 4.69) is 23.8 Å². The van der Waals surface area contributed by atoms with Crippen LogP contribution in [0.1, 0.15) is 33.6 Å². The number of hydrogen-bond acceptors (Lipinski definition) is 4. The summed E-state index contributed by atoms with van der Waals surface area (Å²) < 4.78 is 26.4. The molecular formula is C12H20ClN3O2S. The van der Waals surface area contributed by atoms with E-state index in [4.69, 9.17) is 11.6 Å². The van der Waals surface area contributed by atoms with Gasteiger partial charge in [0.15, 0.2) is 0 Å². The molecule has 0 atom stereocenters. The lowest BCUT2D eigenvalue weighted by molar-refractivity contribution is 0.339. The summed E-state index contributed by atoms with van der Waals surface area (Å²) in [6.07, 6.45) is 4.42. The first-order chi connectivity index (χ1) is 8.95. The van der Waals surface area contributed by atoms with Crippen LogP contribution in [0.25, 0.3) is 0 Å². The Bertz CT molecular complexity index is 486. The minimum atomic E-state index is -3.53. The van der Waals surface area contributed by atoms with Crippen molar-refractivity contribution in [1.82, 2.24) is 14.3 Å². The van der Waals surface area contributed by atoms with Crippen molar-refractivity contribution >= 4 is 21.6 Å². The molecule has 1 aromatic heterocycles. The average Bonchev–Trinajstić information content (AvgIpc) is 2.40. The van der Waals surface area contributed by atoms with E-state index in [-0.39, 0.29) is 10.2 Å². The molecule has 0 fully saturated rings. The van der Waals surface area contributed by atoms with Gasteiger partial charge in [-0.25, -0.2) is 18.4 Å². The summed E-state index contributed by atoms with van der Waals surface area (Å²) in [7, 11) is -3.53. The highest BCUT2D eigenvalue weighted by atomic mass is 35.5. The number of hydrogen-bond donors (Lipinski definition) is 0. The lowest BCUT2D eigenvalue weighted by atomic mass is 10.0. The van der Waals surface area contributed by atoms with Crippen molar-refractivity contribution in [2.45, 2.75) is 38.5 Å². The van der Waals surface area contributed by atoms with E-state index in [1.807, 2.05) is 6.92 Å². The van der Waals surface area contributed by atoms with Gasteiger partial charge in [-0.3, -0.25) is 0 Å². The lowest BCUT2D eigenvalue weighted by Crippen LogP contribution is -2.35. The van der Waals surface area contributed by atoms with E-state index in [1.54, 1.807) is 0 Å². The summed E-state index contributed by atoms with van der Waals surface area (Å²) in [5.74, 6) is 0.364. The number of nitrogens with zero attached hydrogens (tertiary/aromatic N) is 3. The predicted molar refractivity (Wildman–Crippen MR) is 75.5 cm³/mol. The monoisotopic (exact) mass is 305 g/mol. The molecule has 1 aromatic rings. The summed E-state index contributed by atoms with van der Waals surface area (Å²) in [6, 6.07) is 0. The molecule has 1 heterocycles. The third-order valence-electron chi connectivity index (χ3n) is 3.20. The zero-order chi connectivity index (χ0) is 14.5. The molecule has 7 heteroatoms. The Kier molecular flexibility index (Phi) is 6.16. The zero-order valence-corrected chi connectivity index (χ0v) is 13.1. The molecule has 0 saturated heterocycles. The van der Waals surface area contributed by atoms with Gasteiger partial charge in [-0.2, -0.15) is 4.31 Å². The molecule has 1 rings (SSSR count). The molecule has 0 radical (unpaired) electrons. The van der Waals surface area contributed by atoms with Crippen LogP contribution in [0.4, 0.5) is 0 Å². The maximum Gasteiger partial charge on any atom is 0.246 e. The second kappa shape index (κ2) is 7.17. The van der Waals surface area contributed by atoms with Gasteiger partial charge in [-0.15, -0.1) is 0 Å². The van der Waals surface area contributed by atoms with E-state index in [0.29, 0.717) is 19.0 Å². The van der Waals surface area contributed by atoms with Crippen molar-refractivity contribution < 1.29 is 8.42 Å². The largest absolute Gasteiger partial charge is 0.246 e.